The fraction of sp³-hybridized carbons (Fsp3) is 0.900. The summed E-state index contributed by atoms with van der Waals surface area (Å²) in [4.78, 5) is 12.9. The van der Waals surface area contributed by atoms with Crippen molar-refractivity contribution < 1.29 is 17.4 Å². The number of rotatable bonds is 4. The van der Waals surface area contributed by atoms with Crippen molar-refractivity contribution in [3.05, 3.63) is 0 Å². The number of hydrogen-bond donors (Lipinski definition) is 0. The van der Waals surface area contributed by atoms with Crippen molar-refractivity contribution >= 4 is 16.0 Å². The summed E-state index contributed by atoms with van der Waals surface area (Å²) in [6.45, 7) is 3.38. The minimum atomic E-state index is -3.31. The Balaban J connectivity index is 2.20. The van der Waals surface area contributed by atoms with Crippen molar-refractivity contribution in [3.63, 3.8) is 0 Å². The van der Waals surface area contributed by atoms with Crippen LogP contribution in [0.5, 0.6) is 0 Å². The summed E-state index contributed by atoms with van der Waals surface area (Å²) >= 11 is 0. The molecule has 1 amide bonds. The molecule has 0 aliphatic carbocycles. The topological polar surface area (TPSA) is 63.7 Å². The van der Waals surface area contributed by atoms with Crippen LogP contribution in [0.2, 0.25) is 0 Å². The van der Waals surface area contributed by atoms with E-state index in [1.54, 1.807) is 6.92 Å². The van der Waals surface area contributed by atoms with E-state index in [4.69, 9.17) is 4.18 Å². The van der Waals surface area contributed by atoms with Crippen molar-refractivity contribution in [1.29, 1.82) is 0 Å². The van der Waals surface area contributed by atoms with E-state index in [1.807, 2.05) is 4.90 Å². The normalized spacial score (nSPS) is 18.8. The molecule has 94 valence electrons. The number of likely N-dealkylation sites (tertiary alicyclic amines) is 1. The third-order valence-electron chi connectivity index (χ3n) is 2.88. The molecule has 1 fully saturated rings. The highest BCUT2D eigenvalue weighted by Crippen LogP contribution is 2.20. The maximum Gasteiger partial charge on any atom is 0.264 e. The van der Waals surface area contributed by atoms with Gasteiger partial charge in [-0.2, -0.15) is 8.42 Å². The van der Waals surface area contributed by atoms with Crippen LogP contribution in [0.4, 0.5) is 0 Å². The molecule has 1 rings (SSSR count). The van der Waals surface area contributed by atoms with Crippen molar-refractivity contribution in [2.24, 2.45) is 5.92 Å². The lowest BCUT2D eigenvalue weighted by molar-refractivity contribution is -0.130. The van der Waals surface area contributed by atoms with Gasteiger partial charge in [0.15, 0.2) is 0 Å². The van der Waals surface area contributed by atoms with Crippen LogP contribution >= 0.6 is 0 Å². The summed E-state index contributed by atoms with van der Waals surface area (Å²) in [6.07, 6.45) is 3.68. The molecule has 0 aromatic heterocycles. The fourth-order valence-electron chi connectivity index (χ4n) is 1.90. The van der Waals surface area contributed by atoms with E-state index in [-0.39, 0.29) is 12.5 Å². The average molecular weight is 249 g/mol. The van der Waals surface area contributed by atoms with Crippen LogP contribution in [-0.4, -0.2) is 45.2 Å². The van der Waals surface area contributed by atoms with E-state index >= 15 is 0 Å². The van der Waals surface area contributed by atoms with Crippen LogP contribution < -0.4 is 0 Å². The molecule has 16 heavy (non-hydrogen) atoms. The van der Waals surface area contributed by atoms with Crippen LogP contribution in [0.25, 0.3) is 0 Å². The third-order valence-corrected chi connectivity index (χ3v) is 3.48. The Morgan fingerprint density at radius 2 is 1.94 bits per heavy atom. The molecule has 0 aromatic carbocycles. The van der Waals surface area contributed by atoms with Gasteiger partial charge < -0.3 is 4.90 Å². The first-order valence-electron chi connectivity index (χ1n) is 5.48. The second-order valence-corrected chi connectivity index (χ2v) is 5.91. The molecule has 0 N–H and O–H groups in total. The van der Waals surface area contributed by atoms with Gasteiger partial charge in [-0.1, -0.05) is 0 Å². The van der Waals surface area contributed by atoms with Gasteiger partial charge in [-0.25, -0.2) is 0 Å². The van der Waals surface area contributed by atoms with Gasteiger partial charge in [-0.3, -0.25) is 8.98 Å². The number of piperidine rings is 1. The maximum absolute atomic E-state index is 11.1. The number of hydrogen-bond acceptors (Lipinski definition) is 4. The molecule has 6 heteroatoms. The first kappa shape index (κ1) is 13.4. The first-order chi connectivity index (χ1) is 7.38. The molecular formula is C10H19NO4S. The Kier molecular flexibility index (Phi) is 4.73. The summed E-state index contributed by atoms with van der Waals surface area (Å²) in [5.74, 6) is 0.586. The molecule has 5 nitrogen and oxygen atoms in total. The Labute approximate surface area is 96.9 Å². The van der Waals surface area contributed by atoms with Gasteiger partial charge in [-0.15, -0.1) is 0 Å². The second kappa shape index (κ2) is 5.63. The molecule has 0 aromatic rings. The van der Waals surface area contributed by atoms with Crippen molar-refractivity contribution in [2.45, 2.75) is 26.2 Å². The fourth-order valence-corrected chi connectivity index (χ4v) is 2.30. The third kappa shape index (κ3) is 4.94. The molecule has 0 radical (unpaired) electrons. The molecule has 0 unspecified atom stereocenters. The Bertz CT molecular complexity index is 331. The lowest BCUT2D eigenvalue weighted by Crippen LogP contribution is -2.37. The van der Waals surface area contributed by atoms with Crippen LogP contribution in [0.3, 0.4) is 0 Å². The average Bonchev–Trinajstić information content (AvgIpc) is 2.16. The number of nitrogens with zero attached hydrogens (tertiary/aromatic N) is 1. The largest absolute Gasteiger partial charge is 0.343 e. The van der Waals surface area contributed by atoms with Gasteiger partial charge in [0, 0.05) is 20.0 Å². The summed E-state index contributed by atoms with van der Waals surface area (Å²) < 4.78 is 26.2. The van der Waals surface area contributed by atoms with Crippen molar-refractivity contribution in [3.8, 4) is 0 Å². The standard InChI is InChI=1S/C10H19NO4S/c1-9(12)11-6-3-10(4-7-11)5-8-15-16(2,13)14/h10H,3-8H2,1-2H3. The molecule has 1 saturated heterocycles. The maximum atomic E-state index is 11.1. The summed E-state index contributed by atoms with van der Waals surface area (Å²) in [6, 6.07) is 0. The number of carbonyl (C=O) groups excluding carboxylic acids is 1. The second-order valence-electron chi connectivity index (χ2n) is 4.26. The van der Waals surface area contributed by atoms with Gasteiger partial charge >= 0.3 is 0 Å². The van der Waals surface area contributed by atoms with E-state index < -0.39 is 10.1 Å². The Morgan fingerprint density at radius 3 is 2.38 bits per heavy atom. The molecule has 1 aliphatic heterocycles. The van der Waals surface area contributed by atoms with E-state index in [0.717, 1.165) is 38.6 Å². The van der Waals surface area contributed by atoms with Crippen LogP contribution in [0, 0.1) is 5.92 Å². The van der Waals surface area contributed by atoms with E-state index in [2.05, 4.69) is 0 Å². The summed E-state index contributed by atoms with van der Waals surface area (Å²) in [5, 5.41) is 0. The van der Waals surface area contributed by atoms with Crippen LogP contribution in [0.15, 0.2) is 0 Å². The molecule has 0 atom stereocenters. The molecule has 0 spiro atoms. The van der Waals surface area contributed by atoms with E-state index in [1.165, 1.54) is 0 Å². The quantitative estimate of drug-likeness (QED) is 0.685. The van der Waals surface area contributed by atoms with E-state index in [9.17, 15) is 13.2 Å². The Hall–Kier alpha value is -0.620. The van der Waals surface area contributed by atoms with Crippen molar-refractivity contribution in [1.82, 2.24) is 4.90 Å². The van der Waals surface area contributed by atoms with Gasteiger partial charge in [0.2, 0.25) is 5.91 Å². The monoisotopic (exact) mass is 249 g/mol. The van der Waals surface area contributed by atoms with Gasteiger partial charge in [0.1, 0.15) is 0 Å². The lowest BCUT2D eigenvalue weighted by atomic mass is 9.94. The molecule has 0 bridgehead atoms. The predicted molar refractivity (Wildman–Crippen MR) is 60.4 cm³/mol. The first-order valence-corrected chi connectivity index (χ1v) is 7.30. The highest BCUT2D eigenvalue weighted by molar-refractivity contribution is 7.85. The zero-order valence-electron chi connectivity index (χ0n) is 9.81. The van der Waals surface area contributed by atoms with Gasteiger partial charge in [0.25, 0.3) is 10.1 Å². The molecular weight excluding hydrogens is 230 g/mol. The lowest BCUT2D eigenvalue weighted by Gasteiger charge is -2.31. The molecule has 0 saturated carbocycles. The minimum Gasteiger partial charge on any atom is -0.343 e. The van der Waals surface area contributed by atoms with Gasteiger partial charge in [-0.05, 0) is 25.2 Å². The van der Waals surface area contributed by atoms with Crippen LogP contribution in [0.1, 0.15) is 26.2 Å². The highest BCUT2D eigenvalue weighted by atomic mass is 32.2. The highest BCUT2D eigenvalue weighted by Gasteiger charge is 2.20. The molecule has 1 heterocycles. The summed E-state index contributed by atoms with van der Waals surface area (Å²) in [7, 11) is -3.31. The Morgan fingerprint density at radius 1 is 1.38 bits per heavy atom. The number of carbonyl (C=O) groups is 1. The van der Waals surface area contributed by atoms with E-state index in [0.29, 0.717) is 5.92 Å². The van der Waals surface area contributed by atoms with Gasteiger partial charge in [0.05, 0.1) is 12.9 Å². The molecule has 1 aliphatic rings. The zero-order valence-corrected chi connectivity index (χ0v) is 10.6. The zero-order chi connectivity index (χ0) is 12.2. The SMILES string of the molecule is CC(=O)N1CCC(CCOS(C)(=O)=O)CC1. The van der Waals surface area contributed by atoms with Crippen molar-refractivity contribution in [2.75, 3.05) is 26.0 Å². The van der Waals surface area contributed by atoms with Crippen LogP contribution in [-0.2, 0) is 19.1 Å². The minimum absolute atomic E-state index is 0.117. The smallest absolute Gasteiger partial charge is 0.264 e. The number of amides is 1. The summed E-state index contributed by atoms with van der Waals surface area (Å²) in [5.41, 5.74) is 0. The predicted octanol–water partition coefficient (Wildman–Crippen LogP) is 0.611.